The van der Waals surface area contributed by atoms with Crippen molar-refractivity contribution >= 4 is 19.9 Å². The molecule has 1 aromatic rings. The molecule has 84 valence electrons. The molecular formula is C8H11NO4S2. The molecule has 0 bridgehead atoms. The maximum absolute atomic E-state index is 11.5. The van der Waals surface area contributed by atoms with Gasteiger partial charge in [0.2, 0.25) is 10.0 Å². The van der Waals surface area contributed by atoms with Crippen molar-refractivity contribution in [1.29, 1.82) is 0 Å². The molecule has 0 atom stereocenters. The quantitative estimate of drug-likeness (QED) is 0.823. The second kappa shape index (κ2) is 3.92. The Morgan fingerprint density at radius 2 is 1.53 bits per heavy atom. The molecule has 1 rings (SSSR count). The van der Waals surface area contributed by atoms with Crippen LogP contribution in [0.2, 0.25) is 0 Å². The van der Waals surface area contributed by atoms with Crippen LogP contribution in [-0.4, -0.2) is 22.6 Å². The van der Waals surface area contributed by atoms with Gasteiger partial charge in [-0.25, -0.2) is 22.0 Å². The van der Waals surface area contributed by atoms with Gasteiger partial charge in [-0.3, -0.25) is 0 Å². The second-order valence-corrected chi connectivity index (χ2v) is 6.67. The molecule has 2 N–H and O–H groups in total. The van der Waals surface area contributed by atoms with Crippen LogP contribution in [0.3, 0.4) is 0 Å². The molecule has 0 aliphatic carbocycles. The third kappa shape index (κ3) is 2.55. The molecule has 7 heteroatoms. The highest BCUT2D eigenvalue weighted by Crippen LogP contribution is 2.20. The molecule has 0 radical (unpaired) electrons. The highest BCUT2D eigenvalue weighted by molar-refractivity contribution is 7.93. The van der Waals surface area contributed by atoms with Gasteiger partial charge in [0, 0.05) is 0 Å². The number of rotatable bonds is 3. The average molecular weight is 249 g/mol. The minimum absolute atomic E-state index is 0.167. The van der Waals surface area contributed by atoms with Gasteiger partial charge in [0.25, 0.3) is 0 Å². The summed E-state index contributed by atoms with van der Waals surface area (Å²) in [5, 5.41) is 4.92. The van der Waals surface area contributed by atoms with Gasteiger partial charge in [-0.2, -0.15) is 0 Å². The van der Waals surface area contributed by atoms with Crippen LogP contribution >= 0.6 is 0 Å². The molecule has 0 amide bonds. The summed E-state index contributed by atoms with van der Waals surface area (Å²) in [6.45, 7) is 1.44. The van der Waals surface area contributed by atoms with E-state index in [0.717, 1.165) is 0 Å². The maximum Gasteiger partial charge on any atom is 0.239 e. The summed E-state index contributed by atoms with van der Waals surface area (Å²) >= 11 is 0. The predicted octanol–water partition coefficient (Wildman–Crippen LogP) is 0.128. The Hall–Kier alpha value is -0.920. The monoisotopic (exact) mass is 249 g/mol. The van der Waals surface area contributed by atoms with Crippen LogP contribution in [0.1, 0.15) is 6.92 Å². The molecule has 1 aromatic carbocycles. The van der Waals surface area contributed by atoms with E-state index in [4.69, 9.17) is 5.14 Å². The van der Waals surface area contributed by atoms with Crippen LogP contribution < -0.4 is 5.14 Å². The first-order valence-corrected chi connectivity index (χ1v) is 7.33. The Kier molecular flexibility index (Phi) is 3.17. The van der Waals surface area contributed by atoms with Crippen molar-refractivity contribution in [2.75, 3.05) is 5.75 Å². The van der Waals surface area contributed by atoms with E-state index < -0.39 is 19.9 Å². The first-order chi connectivity index (χ1) is 6.79. The summed E-state index contributed by atoms with van der Waals surface area (Å²) in [4.78, 5) is -0.596. The van der Waals surface area contributed by atoms with E-state index in [0.29, 0.717) is 0 Å². The zero-order valence-corrected chi connectivity index (χ0v) is 9.68. The number of sulfone groups is 1. The first kappa shape index (κ1) is 12.2. The lowest BCUT2D eigenvalue weighted by atomic mass is 10.4. The van der Waals surface area contributed by atoms with Gasteiger partial charge in [-0.15, -0.1) is 0 Å². The lowest BCUT2D eigenvalue weighted by Gasteiger charge is -2.06. The molecular weight excluding hydrogens is 238 g/mol. The van der Waals surface area contributed by atoms with Crippen molar-refractivity contribution < 1.29 is 16.8 Å². The summed E-state index contributed by atoms with van der Waals surface area (Å²) in [6.07, 6.45) is 0. The number of hydrogen-bond donors (Lipinski definition) is 1. The van der Waals surface area contributed by atoms with Crippen molar-refractivity contribution in [3.63, 3.8) is 0 Å². The zero-order chi connectivity index (χ0) is 11.7. The highest BCUT2D eigenvalue weighted by atomic mass is 32.2. The Morgan fingerprint density at radius 1 is 1.07 bits per heavy atom. The number of hydrogen-bond acceptors (Lipinski definition) is 4. The third-order valence-corrected chi connectivity index (χ3v) is 4.76. The van der Waals surface area contributed by atoms with Crippen molar-refractivity contribution in [2.24, 2.45) is 5.14 Å². The maximum atomic E-state index is 11.5. The number of nitrogens with two attached hydrogens (primary N) is 1. The number of benzene rings is 1. The Bertz CT molecular complexity index is 560. The molecule has 0 spiro atoms. The van der Waals surface area contributed by atoms with E-state index >= 15 is 0 Å². The largest absolute Gasteiger partial charge is 0.239 e. The smallest absolute Gasteiger partial charge is 0.225 e. The fourth-order valence-corrected chi connectivity index (χ4v) is 3.42. The molecule has 0 fully saturated rings. The van der Waals surface area contributed by atoms with Crippen molar-refractivity contribution in [1.82, 2.24) is 0 Å². The number of primary sulfonamides is 1. The summed E-state index contributed by atoms with van der Waals surface area (Å²) in [7, 11) is -7.58. The van der Waals surface area contributed by atoms with E-state index in [1.54, 1.807) is 0 Å². The van der Waals surface area contributed by atoms with Crippen LogP contribution in [0, 0.1) is 0 Å². The first-order valence-electron chi connectivity index (χ1n) is 4.13. The lowest BCUT2D eigenvalue weighted by molar-refractivity contribution is 0.584. The summed E-state index contributed by atoms with van der Waals surface area (Å²) in [6, 6.07) is 5.29. The normalized spacial score (nSPS) is 12.7. The molecule has 0 heterocycles. The van der Waals surface area contributed by atoms with Gasteiger partial charge >= 0.3 is 0 Å². The van der Waals surface area contributed by atoms with E-state index in [1.165, 1.54) is 31.2 Å². The van der Waals surface area contributed by atoms with Crippen LogP contribution in [-0.2, 0) is 19.9 Å². The van der Waals surface area contributed by atoms with Crippen LogP contribution in [0.25, 0.3) is 0 Å². The minimum atomic E-state index is -4.01. The topological polar surface area (TPSA) is 94.3 Å². The van der Waals surface area contributed by atoms with Gasteiger partial charge in [-0.05, 0) is 12.1 Å². The molecule has 0 unspecified atom stereocenters. The second-order valence-electron chi connectivity index (χ2n) is 2.90. The molecule has 5 nitrogen and oxygen atoms in total. The summed E-state index contributed by atoms with van der Waals surface area (Å²) in [5.74, 6) is -0.167. The van der Waals surface area contributed by atoms with Crippen LogP contribution in [0.15, 0.2) is 34.1 Å². The van der Waals surface area contributed by atoms with Gasteiger partial charge in [0.1, 0.15) is 4.90 Å². The summed E-state index contributed by atoms with van der Waals surface area (Å²) in [5.41, 5.74) is 0. The fraction of sp³-hybridized carbons (Fsp3) is 0.250. The number of sulfonamides is 1. The van der Waals surface area contributed by atoms with Crippen molar-refractivity contribution in [2.45, 2.75) is 16.7 Å². The molecule has 0 aliphatic heterocycles. The van der Waals surface area contributed by atoms with Crippen molar-refractivity contribution in [3.05, 3.63) is 24.3 Å². The van der Waals surface area contributed by atoms with E-state index in [-0.39, 0.29) is 15.5 Å². The standard InChI is InChI=1S/C8H11NO4S2/c1-2-14(10,11)7-5-3-4-6-8(7)15(9,12)13/h3-6H,2H2,1H3,(H2,9,12,13). The molecule has 0 saturated carbocycles. The molecule has 0 aromatic heterocycles. The SMILES string of the molecule is CCS(=O)(=O)c1ccccc1S(N)(=O)=O. The van der Waals surface area contributed by atoms with E-state index in [9.17, 15) is 16.8 Å². The average Bonchev–Trinajstić information content (AvgIpc) is 2.16. The molecule has 0 aliphatic rings. The van der Waals surface area contributed by atoms with Gasteiger partial charge in [-0.1, -0.05) is 19.1 Å². The predicted molar refractivity (Wildman–Crippen MR) is 55.5 cm³/mol. The zero-order valence-electron chi connectivity index (χ0n) is 8.04. The Labute approximate surface area is 88.9 Å². The van der Waals surface area contributed by atoms with Crippen LogP contribution in [0.5, 0.6) is 0 Å². The van der Waals surface area contributed by atoms with Gasteiger partial charge in [0.15, 0.2) is 9.84 Å². The van der Waals surface area contributed by atoms with E-state index in [2.05, 4.69) is 0 Å². The molecule has 15 heavy (non-hydrogen) atoms. The van der Waals surface area contributed by atoms with Gasteiger partial charge < -0.3 is 0 Å². The lowest BCUT2D eigenvalue weighted by Crippen LogP contribution is -2.17. The van der Waals surface area contributed by atoms with Gasteiger partial charge in [0.05, 0.1) is 10.6 Å². The summed E-state index contributed by atoms with van der Waals surface area (Å²) < 4.78 is 45.4. The Morgan fingerprint density at radius 3 is 1.93 bits per heavy atom. The van der Waals surface area contributed by atoms with Crippen LogP contribution in [0.4, 0.5) is 0 Å². The fourth-order valence-electron chi connectivity index (χ4n) is 1.10. The third-order valence-electron chi connectivity index (χ3n) is 1.87. The Balaban J connectivity index is 3.59. The minimum Gasteiger partial charge on any atom is -0.225 e. The van der Waals surface area contributed by atoms with E-state index in [1.807, 2.05) is 0 Å². The van der Waals surface area contributed by atoms with Crippen molar-refractivity contribution in [3.8, 4) is 0 Å². The molecule has 0 saturated heterocycles. The highest BCUT2D eigenvalue weighted by Gasteiger charge is 2.21.